The van der Waals surface area contributed by atoms with Crippen LogP contribution in [-0.4, -0.2) is 49.1 Å². The number of thioether (sulfide) groups is 1. The monoisotopic (exact) mass is 392 g/mol. The Bertz CT molecular complexity index is 884. The molecule has 2 rings (SSSR count). The second kappa shape index (κ2) is 8.51. The van der Waals surface area contributed by atoms with Crippen LogP contribution >= 0.6 is 11.8 Å². The molecule has 1 N–H and O–H groups in total. The standard InChI is InChI=1S/C18H24N4O4S/c1-7-26-14(24)8-13-20-21-18(22(13)6)27-12(5)17(25)16-9(2)15(11(4)23)10(3)19-16/h12,19H,7-8H2,1-6H3/t12-/m0/s1. The number of rotatable bonds is 8. The number of Topliss-reactive ketones (excluding diaryl/α,β-unsaturated/α-hetero) is 2. The van der Waals surface area contributed by atoms with Gasteiger partial charge in [0.2, 0.25) is 0 Å². The van der Waals surface area contributed by atoms with Gasteiger partial charge in [-0.25, -0.2) is 0 Å². The zero-order valence-corrected chi connectivity index (χ0v) is 17.2. The third-order valence-corrected chi connectivity index (χ3v) is 5.35. The Morgan fingerprint density at radius 1 is 1.26 bits per heavy atom. The van der Waals surface area contributed by atoms with E-state index in [1.165, 1.54) is 18.7 Å². The van der Waals surface area contributed by atoms with E-state index in [2.05, 4.69) is 15.2 Å². The molecule has 0 aliphatic rings. The van der Waals surface area contributed by atoms with Gasteiger partial charge in [-0.3, -0.25) is 14.4 Å². The summed E-state index contributed by atoms with van der Waals surface area (Å²) >= 11 is 1.25. The molecule has 146 valence electrons. The summed E-state index contributed by atoms with van der Waals surface area (Å²) in [5.41, 5.74) is 2.35. The number of aryl methyl sites for hydroxylation is 1. The van der Waals surface area contributed by atoms with Crippen molar-refractivity contribution in [3.8, 4) is 0 Å². The molecule has 0 bridgehead atoms. The summed E-state index contributed by atoms with van der Waals surface area (Å²) in [6.07, 6.45) is 0.0249. The van der Waals surface area contributed by atoms with Gasteiger partial charge in [-0.2, -0.15) is 0 Å². The number of carbonyl (C=O) groups excluding carboxylic acids is 3. The fraction of sp³-hybridized carbons (Fsp3) is 0.500. The van der Waals surface area contributed by atoms with Gasteiger partial charge >= 0.3 is 5.97 Å². The molecular weight excluding hydrogens is 368 g/mol. The molecule has 0 unspecified atom stereocenters. The number of aromatic nitrogens is 4. The summed E-state index contributed by atoms with van der Waals surface area (Å²) in [6.45, 7) is 8.86. The van der Waals surface area contributed by atoms with E-state index in [0.29, 0.717) is 40.1 Å². The van der Waals surface area contributed by atoms with E-state index in [-0.39, 0.29) is 24.0 Å². The van der Waals surface area contributed by atoms with Crippen LogP contribution in [0.4, 0.5) is 0 Å². The average Bonchev–Trinajstić information content (AvgIpc) is 3.07. The second-order valence-electron chi connectivity index (χ2n) is 6.25. The largest absolute Gasteiger partial charge is 0.466 e. The fourth-order valence-corrected chi connectivity index (χ4v) is 3.77. The van der Waals surface area contributed by atoms with Crippen molar-refractivity contribution in [2.24, 2.45) is 7.05 Å². The smallest absolute Gasteiger partial charge is 0.313 e. The van der Waals surface area contributed by atoms with Crippen LogP contribution in [0.5, 0.6) is 0 Å². The quantitative estimate of drug-likeness (QED) is 0.418. The van der Waals surface area contributed by atoms with Crippen LogP contribution in [0.25, 0.3) is 0 Å². The zero-order valence-electron chi connectivity index (χ0n) is 16.4. The first-order valence-corrected chi connectivity index (χ1v) is 9.50. The SMILES string of the molecule is CCOC(=O)Cc1nnc(S[C@@H](C)C(=O)c2[nH]c(C)c(C(C)=O)c2C)n1C. The third-order valence-electron chi connectivity index (χ3n) is 4.22. The van der Waals surface area contributed by atoms with Crippen molar-refractivity contribution in [2.45, 2.75) is 51.4 Å². The maximum Gasteiger partial charge on any atom is 0.313 e. The second-order valence-corrected chi connectivity index (χ2v) is 7.55. The van der Waals surface area contributed by atoms with Gasteiger partial charge in [-0.1, -0.05) is 11.8 Å². The Hall–Kier alpha value is -2.42. The lowest BCUT2D eigenvalue weighted by Crippen LogP contribution is -2.16. The van der Waals surface area contributed by atoms with Crippen LogP contribution < -0.4 is 0 Å². The van der Waals surface area contributed by atoms with Gasteiger partial charge in [-0.05, 0) is 40.2 Å². The van der Waals surface area contributed by atoms with Crippen LogP contribution in [0, 0.1) is 13.8 Å². The zero-order chi connectivity index (χ0) is 20.3. The Balaban J connectivity index is 2.16. The van der Waals surface area contributed by atoms with E-state index in [9.17, 15) is 14.4 Å². The molecule has 0 fully saturated rings. The predicted molar refractivity (Wildman–Crippen MR) is 101 cm³/mol. The normalized spacial score (nSPS) is 12.1. The average molecular weight is 392 g/mol. The lowest BCUT2D eigenvalue weighted by atomic mass is 10.0. The minimum Gasteiger partial charge on any atom is -0.466 e. The highest BCUT2D eigenvalue weighted by Crippen LogP contribution is 2.27. The Morgan fingerprint density at radius 3 is 2.48 bits per heavy atom. The van der Waals surface area contributed by atoms with Gasteiger partial charge in [0, 0.05) is 18.3 Å². The number of nitrogens with zero attached hydrogens (tertiary/aromatic N) is 3. The van der Waals surface area contributed by atoms with Crippen molar-refractivity contribution in [2.75, 3.05) is 6.61 Å². The highest BCUT2D eigenvalue weighted by atomic mass is 32.2. The van der Waals surface area contributed by atoms with Crippen molar-refractivity contribution in [3.05, 3.63) is 28.3 Å². The molecule has 0 aliphatic heterocycles. The van der Waals surface area contributed by atoms with Crippen molar-refractivity contribution >= 4 is 29.3 Å². The topological polar surface area (TPSA) is 107 Å². The number of nitrogens with one attached hydrogen (secondary N) is 1. The highest BCUT2D eigenvalue weighted by molar-refractivity contribution is 8.00. The molecule has 1 atom stereocenters. The van der Waals surface area contributed by atoms with Crippen molar-refractivity contribution in [1.82, 2.24) is 19.7 Å². The number of hydrogen-bond acceptors (Lipinski definition) is 7. The number of hydrogen-bond donors (Lipinski definition) is 1. The Morgan fingerprint density at radius 2 is 1.93 bits per heavy atom. The van der Waals surface area contributed by atoms with Gasteiger partial charge in [0.1, 0.15) is 12.2 Å². The van der Waals surface area contributed by atoms with E-state index in [1.54, 1.807) is 39.3 Å². The minimum absolute atomic E-state index is 0.0249. The molecule has 27 heavy (non-hydrogen) atoms. The van der Waals surface area contributed by atoms with Crippen LogP contribution in [0.2, 0.25) is 0 Å². The molecule has 2 heterocycles. The number of ketones is 2. The van der Waals surface area contributed by atoms with Gasteiger partial charge in [0.05, 0.1) is 17.6 Å². The molecule has 0 saturated heterocycles. The molecular formula is C18H24N4O4S. The van der Waals surface area contributed by atoms with Gasteiger partial charge in [-0.15, -0.1) is 10.2 Å². The summed E-state index contributed by atoms with van der Waals surface area (Å²) in [7, 11) is 1.74. The van der Waals surface area contributed by atoms with E-state index in [0.717, 1.165) is 0 Å². The van der Waals surface area contributed by atoms with Gasteiger partial charge in [0.15, 0.2) is 16.7 Å². The summed E-state index contributed by atoms with van der Waals surface area (Å²) in [4.78, 5) is 39.3. The molecule has 0 saturated carbocycles. The lowest BCUT2D eigenvalue weighted by Gasteiger charge is -2.10. The van der Waals surface area contributed by atoms with Crippen LogP contribution in [0.1, 0.15) is 58.7 Å². The number of H-pyrrole nitrogens is 1. The minimum atomic E-state index is -0.445. The van der Waals surface area contributed by atoms with E-state index >= 15 is 0 Å². The van der Waals surface area contributed by atoms with Crippen LogP contribution in [0.3, 0.4) is 0 Å². The maximum absolute atomic E-state index is 12.8. The summed E-state index contributed by atoms with van der Waals surface area (Å²) < 4.78 is 6.60. The highest BCUT2D eigenvalue weighted by Gasteiger charge is 2.26. The summed E-state index contributed by atoms with van der Waals surface area (Å²) in [6, 6.07) is 0. The van der Waals surface area contributed by atoms with E-state index < -0.39 is 5.25 Å². The molecule has 0 aromatic carbocycles. The first-order chi connectivity index (χ1) is 12.7. The molecule has 9 heteroatoms. The van der Waals surface area contributed by atoms with Crippen molar-refractivity contribution in [3.63, 3.8) is 0 Å². The number of carbonyl (C=O) groups is 3. The maximum atomic E-state index is 12.8. The first-order valence-electron chi connectivity index (χ1n) is 8.62. The Kier molecular flexibility index (Phi) is 6.59. The van der Waals surface area contributed by atoms with Crippen molar-refractivity contribution < 1.29 is 19.1 Å². The number of esters is 1. The fourth-order valence-electron chi connectivity index (χ4n) is 2.88. The first kappa shape index (κ1) is 20.9. The molecule has 0 amide bonds. The Labute approximate surface area is 162 Å². The number of ether oxygens (including phenoxy) is 1. The van der Waals surface area contributed by atoms with E-state index in [4.69, 9.17) is 4.74 Å². The molecule has 0 radical (unpaired) electrons. The third kappa shape index (κ3) is 4.47. The molecule has 8 nitrogen and oxygen atoms in total. The van der Waals surface area contributed by atoms with Gasteiger partial charge < -0.3 is 14.3 Å². The van der Waals surface area contributed by atoms with Crippen LogP contribution in [0.15, 0.2) is 5.16 Å². The van der Waals surface area contributed by atoms with Crippen molar-refractivity contribution in [1.29, 1.82) is 0 Å². The van der Waals surface area contributed by atoms with Gasteiger partial charge in [0.25, 0.3) is 0 Å². The molecule has 2 aromatic rings. The molecule has 0 aliphatic carbocycles. The predicted octanol–water partition coefficient (Wildman–Crippen LogP) is 2.43. The number of aromatic amines is 1. The molecule has 0 spiro atoms. The van der Waals surface area contributed by atoms with Crippen LogP contribution in [-0.2, 0) is 23.0 Å². The molecule has 2 aromatic heterocycles. The van der Waals surface area contributed by atoms with E-state index in [1.807, 2.05) is 0 Å². The lowest BCUT2D eigenvalue weighted by molar-refractivity contribution is -0.142. The summed E-state index contributed by atoms with van der Waals surface area (Å²) in [5, 5.41) is 8.17. The summed E-state index contributed by atoms with van der Waals surface area (Å²) in [5.74, 6) is -0.0927.